The van der Waals surface area contributed by atoms with E-state index in [1.165, 1.54) is 15.8 Å². The molecule has 4 nitrogen and oxygen atoms in total. The van der Waals surface area contributed by atoms with E-state index in [9.17, 15) is 5.11 Å². The van der Waals surface area contributed by atoms with Crippen LogP contribution in [0.3, 0.4) is 0 Å². The Bertz CT molecular complexity index is 1180. The number of nitriles is 1. The molecule has 3 heterocycles. The van der Waals surface area contributed by atoms with E-state index in [1.807, 2.05) is 31.3 Å². The summed E-state index contributed by atoms with van der Waals surface area (Å²) >= 11 is 1.72. The van der Waals surface area contributed by atoms with E-state index in [4.69, 9.17) is 5.26 Å². The minimum Gasteiger partial charge on any atom is -0.387 e. The number of aromatic nitrogens is 2. The summed E-state index contributed by atoms with van der Waals surface area (Å²) in [5.74, 6) is 0.534. The van der Waals surface area contributed by atoms with Crippen LogP contribution in [0.1, 0.15) is 62.4 Å². The molecule has 0 amide bonds. The third-order valence-electron chi connectivity index (χ3n) is 6.23. The van der Waals surface area contributed by atoms with Gasteiger partial charge in [-0.1, -0.05) is 35.9 Å². The maximum absolute atomic E-state index is 10.3. The van der Waals surface area contributed by atoms with E-state index in [2.05, 4.69) is 52.2 Å². The van der Waals surface area contributed by atoms with Crippen molar-refractivity contribution >= 4 is 32.5 Å². The van der Waals surface area contributed by atoms with E-state index in [0.717, 1.165) is 42.3 Å². The second-order valence-electron chi connectivity index (χ2n) is 8.50. The second-order valence-corrected chi connectivity index (χ2v) is 9.42. The van der Waals surface area contributed by atoms with Crippen LogP contribution in [0.2, 0.25) is 0 Å². The van der Waals surface area contributed by atoms with Crippen molar-refractivity contribution in [2.24, 2.45) is 5.92 Å². The average molecular weight is 432 g/mol. The molecule has 1 aliphatic carbocycles. The summed E-state index contributed by atoms with van der Waals surface area (Å²) in [7, 11) is 0. The van der Waals surface area contributed by atoms with Crippen LogP contribution in [-0.4, -0.2) is 14.7 Å². The molecule has 1 aromatic carbocycles. The van der Waals surface area contributed by atoms with Crippen LogP contribution in [0.5, 0.6) is 0 Å². The van der Waals surface area contributed by atoms with Crippen molar-refractivity contribution in [1.82, 2.24) is 9.55 Å². The number of benzene rings is 1. The van der Waals surface area contributed by atoms with E-state index in [0.29, 0.717) is 18.4 Å². The minimum atomic E-state index is -0.496. The molecule has 4 aromatic rings. The Kier molecular flexibility index (Phi) is 6.70. The van der Waals surface area contributed by atoms with E-state index >= 15 is 0 Å². The van der Waals surface area contributed by atoms with Crippen LogP contribution < -0.4 is 0 Å². The molecule has 1 fully saturated rings. The molecule has 0 unspecified atom stereocenters. The Hall–Kier alpha value is -2.68. The van der Waals surface area contributed by atoms with E-state index in [-0.39, 0.29) is 0 Å². The van der Waals surface area contributed by atoms with Crippen molar-refractivity contribution in [2.45, 2.75) is 58.1 Å². The van der Waals surface area contributed by atoms with Gasteiger partial charge >= 0.3 is 0 Å². The topological polar surface area (TPSA) is 61.8 Å². The molecule has 0 aliphatic heterocycles. The smallest absolute Gasteiger partial charge is 0.0912 e. The first kappa shape index (κ1) is 21.5. The molecular formula is C26H29N3OS. The highest BCUT2D eigenvalue weighted by Gasteiger charge is 2.27. The number of nitrogens with zero attached hydrogens (tertiary/aromatic N) is 3. The number of hydrogen-bond donors (Lipinski definition) is 1. The van der Waals surface area contributed by atoms with Gasteiger partial charge in [0.25, 0.3) is 0 Å². The Morgan fingerprint density at radius 3 is 2.55 bits per heavy atom. The average Bonchev–Trinajstić information content (AvgIpc) is 3.40. The van der Waals surface area contributed by atoms with Gasteiger partial charge in [-0.3, -0.25) is 4.98 Å². The lowest BCUT2D eigenvalue weighted by Gasteiger charge is -2.31. The fourth-order valence-electron chi connectivity index (χ4n) is 4.61. The number of rotatable bonds is 3. The van der Waals surface area contributed by atoms with Gasteiger partial charge in [-0.05, 0) is 63.0 Å². The highest BCUT2D eigenvalue weighted by atomic mass is 32.1. The summed E-state index contributed by atoms with van der Waals surface area (Å²) in [6.07, 6.45) is 6.43. The summed E-state index contributed by atoms with van der Waals surface area (Å²) in [6.45, 7) is 3.92. The van der Waals surface area contributed by atoms with Crippen molar-refractivity contribution < 1.29 is 5.11 Å². The summed E-state index contributed by atoms with van der Waals surface area (Å²) in [5.41, 5.74) is 4.55. The van der Waals surface area contributed by atoms with Crippen LogP contribution in [0, 0.1) is 24.2 Å². The van der Waals surface area contributed by atoms with Gasteiger partial charge in [0.2, 0.25) is 0 Å². The predicted octanol–water partition coefficient (Wildman–Crippen LogP) is 6.94. The molecule has 5 rings (SSSR count). The van der Waals surface area contributed by atoms with Gasteiger partial charge in [0.1, 0.15) is 0 Å². The van der Waals surface area contributed by atoms with Gasteiger partial charge in [-0.25, -0.2) is 0 Å². The van der Waals surface area contributed by atoms with Crippen molar-refractivity contribution in [3.8, 4) is 6.07 Å². The van der Waals surface area contributed by atoms with Crippen LogP contribution in [0.4, 0.5) is 0 Å². The summed E-state index contributed by atoms with van der Waals surface area (Å²) in [4.78, 5) is 4.54. The first-order chi connectivity index (χ1) is 15.1. The SMILES string of the molecule is C[C@@H](O)c1cc2cnc3ccsc3c2n1C1CCC(CC#N)CC1.Cc1ccccc1. The zero-order valence-corrected chi connectivity index (χ0v) is 19.0. The first-order valence-electron chi connectivity index (χ1n) is 11.0. The number of aryl methyl sites for hydroxylation is 1. The largest absolute Gasteiger partial charge is 0.387 e. The first-order valence-corrected chi connectivity index (χ1v) is 11.9. The van der Waals surface area contributed by atoms with E-state index < -0.39 is 6.10 Å². The third-order valence-corrected chi connectivity index (χ3v) is 7.14. The molecular weight excluding hydrogens is 402 g/mol. The highest BCUT2D eigenvalue weighted by Crippen LogP contribution is 2.41. The quantitative estimate of drug-likeness (QED) is 0.382. The van der Waals surface area contributed by atoms with Crippen molar-refractivity contribution in [2.75, 3.05) is 0 Å². The zero-order valence-electron chi connectivity index (χ0n) is 18.2. The fourth-order valence-corrected chi connectivity index (χ4v) is 5.51. The van der Waals surface area contributed by atoms with Crippen LogP contribution in [0.25, 0.3) is 21.1 Å². The molecule has 160 valence electrons. The Morgan fingerprint density at radius 2 is 1.94 bits per heavy atom. The van der Waals surface area contributed by atoms with Crippen LogP contribution >= 0.6 is 11.3 Å². The highest BCUT2D eigenvalue weighted by molar-refractivity contribution is 7.18. The number of aliphatic hydroxyl groups is 1. The molecule has 1 atom stereocenters. The molecule has 0 spiro atoms. The van der Waals surface area contributed by atoms with Crippen molar-refractivity contribution in [3.05, 3.63) is 65.3 Å². The lowest BCUT2D eigenvalue weighted by atomic mass is 9.84. The van der Waals surface area contributed by atoms with Crippen molar-refractivity contribution in [3.63, 3.8) is 0 Å². The van der Waals surface area contributed by atoms with Gasteiger partial charge in [0.05, 0.1) is 27.9 Å². The van der Waals surface area contributed by atoms with E-state index in [1.54, 1.807) is 11.3 Å². The normalized spacial score (nSPS) is 19.5. The number of hydrogen-bond acceptors (Lipinski definition) is 4. The zero-order chi connectivity index (χ0) is 21.8. The molecule has 0 radical (unpaired) electrons. The Balaban J connectivity index is 0.000000282. The molecule has 0 bridgehead atoms. The van der Waals surface area contributed by atoms with Crippen LogP contribution in [0.15, 0.2) is 54.0 Å². The summed E-state index contributed by atoms with van der Waals surface area (Å²) < 4.78 is 3.57. The molecule has 31 heavy (non-hydrogen) atoms. The molecule has 0 saturated heterocycles. The lowest BCUT2D eigenvalue weighted by molar-refractivity contribution is 0.180. The fraction of sp³-hybridized carbons (Fsp3) is 0.385. The maximum atomic E-state index is 10.3. The standard InChI is InChI=1S/C19H21N3OS.C7H8/c1-12(23)17-10-14-11-21-16-7-9-24-19(16)18(14)22(17)15-4-2-13(3-5-15)6-8-20;1-7-5-3-2-4-6-7/h7,9-13,15,23H,2-6H2,1H3;2-6H,1H3/t12-,13?,15?;/m1./s1. The lowest BCUT2D eigenvalue weighted by Crippen LogP contribution is -2.20. The maximum Gasteiger partial charge on any atom is 0.0912 e. The molecule has 1 saturated carbocycles. The molecule has 1 aliphatic rings. The molecule has 3 aromatic heterocycles. The number of pyridine rings is 1. The van der Waals surface area contributed by atoms with Crippen LogP contribution in [-0.2, 0) is 0 Å². The third kappa shape index (κ3) is 4.66. The molecule has 5 heteroatoms. The summed E-state index contributed by atoms with van der Waals surface area (Å²) in [5, 5.41) is 22.4. The summed E-state index contributed by atoms with van der Waals surface area (Å²) in [6, 6.07) is 17.1. The minimum absolute atomic E-state index is 0.398. The van der Waals surface area contributed by atoms with Crippen molar-refractivity contribution in [1.29, 1.82) is 5.26 Å². The second kappa shape index (κ2) is 9.64. The number of thiophene rings is 1. The number of fused-ring (bicyclic) bond motifs is 3. The Morgan fingerprint density at radius 1 is 1.19 bits per heavy atom. The van der Waals surface area contributed by atoms with Gasteiger partial charge in [-0.15, -0.1) is 11.3 Å². The van der Waals surface area contributed by atoms with Gasteiger partial charge in [0, 0.05) is 29.7 Å². The monoisotopic (exact) mass is 431 g/mol. The van der Waals surface area contributed by atoms with Gasteiger partial charge in [0.15, 0.2) is 0 Å². The Labute approximate surface area is 187 Å². The van der Waals surface area contributed by atoms with Gasteiger partial charge in [-0.2, -0.15) is 5.26 Å². The molecule has 1 N–H and O–H groups in total. The number of aliphatic hydroxyl groups excluding tert-OH is 1. The predicted molar refractivity (Wildman–Crippen MR) is 128 cm³/mol. The van der Waals surface area contributed by atoms with Gasteiger partial charge < -0.3 is 9.67 Å².